The van der Waals surface area contributed by atoms with Crippen LogP contribution in [0.4, 0.5) is 14.9 Å². The highest BCUT2D eigenvalue weighted by Gasteiger charge is 2.11. The lowest BCUT2D eigenvalue weighted by atomic mass is 10.2. The van der Waals surface area contributed by atoms with E-state index in [4.69, 9.17) is 9.47 Å². The van der Waals surface area contributed by atoms with Crippen LogP contribution in [0.1, 0.15) is 6.42 Å². The maximum atomic E-state index is 11.9. The number of carbonyl (C=O) groups excluding carboxylic acids is 1. The molecule has 1 rings (SSSR count). The van der Waals surface area contributed by atoms with Crippen molar-refractivity contribution in [2.24, 2.45) is 0 Å². The molecule has 0 saturated carbocycles. The number of benzene rings is 1. The smallest absolute Gasteiger partial charge is 0.319 e. The molecule has 0 unspecified atom stereocenters. The van der Waals surface area contributed by atoms with E-state index in [2.05, 4.69) is 26.6 Å². The number of urea groups is 1. The second kappa shape index (κ2) is 7.83. The molecule has 0 aliphatic rings. The topological polar surface area (TPSA) is 59.6 Å². The molecule has 1 aromatic rings. The predicted molar refractivity (Wildman–Crippen MR) is 74.9 cm³/mol. The van der Waals surface area contributed by atoms with E-state index >= 15 is 0 Å². The van der Waals surface area contributed by atoms with Crippen LogP contribution in [0.25, 0.3) is 0 Å². The number of alkyl halides is 1. The van der Waals surface area contributed by atoms with E-state index < -0.39 is 12.7 Å². The van der Waals surface area contributed by atoms with Gasteiger partial charge in [0.2, 0.25) is 0 Å². The lowest BCUT2D eigenvalue weighted by Crippen LogP contribution is -2.29. The molecule has 2 amide bonds. The van der Waals surface area contributed by atoms with Crippen LogP contribution in [-0.2, 0) is 0 Å². The zero-order valence-corrected chi connectivity index (χ0v) is 12.3. The summed E-state index contributed by atoms with van der Waals surface area (Å²) in [5.74, 6) is 1.07. The van der Waals surface area contributed by atoms with Crippen LogP contribution in [0.3, 0.4) is 0 Å². The molecule has 0 bridgehead atoms. The number of hydrogen-bond donors (Lipinski definition) is 2. The van der Waals surface area contributed by atoms with Crippen LogP contribution in [0.2, 0.25) is 0 Å². The Hall–Kier alpha value is -1.50. The first-order valence-electron chi connectivity index (χ1n) is 5.64. The van der Waals surface area contributed by atoms with Gasteiger partial charge in [-0.25, -0.2) is 4.79 Å². The van der Waals surface area contributed by atoms with Gasteiger partial charge in [0.1, 0.15) is 11.5 Å². The maximum Gasteiger partial charge on any atom is 0.319 e. The number of rotatable bonds is 6. The average molecular weight is 335 g/mol. The Morgan fingerprint density at radius 1 is 1.32 bits per heavy atom. The molecule has 0 aromatic heterocycles. The van der Waals surface area contributed by atoms with Gasteiger partial charge in [0.05, 0.1) is 31.1 Å². The van der Waals surface area contributed by atoms with Crippen molar-refractivity contribution in [1.82, 2.24) is 5.32 Å². The molecule has 0 aliphatic carbocycles. The van der Waals surface area contributed by atoms with Gasteiger partial charge in [-0.1, -0.05) is 0 Å². The van der Waals surface area contributed by atoms with Crippen molar-refractivity contribution in [1.29, 1.82) is 0 Å². The summed E-state index contributed by atoms with van der Waals surface area (Å²) >= 11 is 3.32. The van der Waals surface area contributed by atoms with Crippen molar-refractivity contribution in [3.05, 3.63) is 16.6 Å². The van der Waals surface area contributed by atoms with Crippen molar-refractivity contribution in [2.45, 2.75) is 6.42 Å². The number of ether oxygens (including phenoxy) is 2. The lowest BCUT2D eigenvalue weighted by molar-refractivity contribution is 0.251. The summed E-state index contributed by atoms with van der Waals surface area (Å²) < 4.78 is 22.9. The molecule has 0 radical (unpaired) electrons. The largest absolute Gasteiger partial charge is 0.495 e. The van der Waals surface area contributed by atoms with Gasteiger partial charge < -0.3 is 20.1 Å². The van der Waals surface area contributed by atoms with E-state index in [9.17, 15) is 9.18 Å². The van der Waals surface area contributed by atoms with E-state index in [1.54, 1.807) is 12.1 Å². The Balaban J connectivity index is 2.76. The van der Waals surface area contributed by atoms with Gasteiger partial charge >= 0.3 is 6.03 Å². The molecule has 7 heteroatoms. The zero-order valence-electron chi connectivity index (χ0n) is 10.8. The van der Waals surface area contributed by atoms with Crippen LogP contribution in [0.15, 0.2) is 16.6 Å². The number of amides is 2. The molecule has 0 atom stereocenters. The van der Waals surface area contributed by atoms with Crippen molar-refractivity contribution in [3.63, 3.8) is 0 Å². The summed E-state index contributed by atoms with van der Waals surface area (Å²) in [6.45, 7) is -0.181. The minimum absolute atomic E-state index is 0.280. The van der Waals surface area contributed by atoms with Gasteiger partial charge in [-0.15, -0.1) is 0 Å². The Labute approximate surface area is 119 Å². The molecule has 0 saturated heterocycles. The molecule has 0 fully saturated rings. The van der Waals surface area contributed by atoms with E-state index in [0.29, 0.717) is 21.7 Å². The number of carbonyl (C=O) groups is 1. The number of nitrogens with one attached hydrogen (secondary N) is 2. The van der Waals surface area contributed by atoms with Crippen LogP contribution in [-0.4, -0.2) is 33.5 Å². The summed E-state index contributed by atoms with van der Waals surface area (Å²) in [6.07, 6.45) is 0.289. The number of methoxy groups -OCH3 is 2. The van der Waals surface area contributed by atoms with E-state index in [-0.39, 0.29) is 13.0 Å². The van der Waals surface area contributed by atoms with Crippen molar-refractivity contribution in [2.75, 3.05) is 32.8 Å². The first-order chi connectivity index (χ1) is 9.12. The average Bonchev–Trinajstić information content (AvgIpc) is 2.39. The second-order valence-electron chi connectivity index (χ2n) is 3.61. The highest BCUT2D eigenvalue weighted by atomic mass is 79.9. The summed E-state index contributed by atoms with van der Waals surface area (Å²) in [7, 11) is 3.03. The van der Waals surface area contributed by atoms with Crippen LogP contribution in [0.5, 0.6) is 11.5 Å². The fraction of sp³-hybridized carbons (Fsp3) is 0.417. The molecule has 2 N–H and O–H groups in total. The van der Waals surface area contributed by atoms with E-state index in [0.717, 1.165) is 0 Å². The minimum atomic E-state index is -0.461. The number of halogens is 2. The molecule has 0 aliphatic heterocycles. The second-order valence-corrected chi connectivity index (χ2v) is 4.46. The van der Waals surface area contributed by atoms with Crippen molar-refractivity contribution in [3.8, 4) is 11.5 Å². The predicted octanol–water partition coefficient (Wildman–Crippen LogP) is 2.95. The van der Waals surface area contributed by atoms with Gasteiger partial charge in [-0.2, -0.15) is 0 Å². The fourth-order valence-corrected chi connectivity index (χ4v) is 1.90. The summed E-state index contributed by atoms with van der Waals surface area (Å²) in [6, 6.07) is 2.91. The van der Waals surface area contributed by atoms with Gasteiger partial charge in [-0.05, 0) is 28.4 Å². The molecule has 19 heavy (non-hydrogen) atoms. The molecule has 1 aromatic carbocycles. The highest BCUT2D eigenvalue weighted by molar-refractivity contribution is 9.10. The van der Waals surface area contributed by atoms with Gasteiger partial charge in [0.25, 0.3) is 0 Å². The Morgan fingerprint density at radius 3 is 2.58 bits per heavy atom. The maximum absolute atomic E-state index is 11.9. The zero-order chi connectivity index (χ0) is 14.3. The third-order valence-electron chi connectivity index (χ3n) is 2.32. The van der Waals surface area contributed by atoms with Gasteiger partial charge in [0, 0.05) is 12.6 Å². The Morgan fingerprint density at radius 2 is 2.00 bits per heavy atom. The van der Waals surface area contributed by atoms with Crippen molar-refractivity contribution >= 4 is 27.6 Å². The molecule has 5 nitrogen and oxygen atoms in total. The summed E-state index contributed by atoms with van der Waals surface area (Å²) in [5, 5.41) is 5.17. The van der Waals surface area contributed by atoms with E-state index in [1.807, 2.05) is 0 Å². The minimum Gasteiger partial charge on any atom is -0.495 e. The standard InChI is InChI=1S/C12H16BrFN2O3/c1-18-10-7-11(19-2)9(6-8(10)13)16-12(17)15-5-3-4-14/h6-7H,3-5H2,1-2H3,(H2,15,16,17). The number of hydrogen-bond acceptors (Lipinski definition) is 3. The molecule has 0 spiro atoms. The first-order valence-corrected chi connectivity index (χ1v) is 6.44. The fourth-order valence-electron chi connectivity index (χ4n) is 1.39. The van der Waals surface area contributed by atoms with Gasteiger partial charge in [0.15, 0.2) is 0 Å². The Bertz CT molecular complexity index is 443. The van der Waals surface area contributed by atoms with Crippen LogP contribution >= 0.6 is 15.9 Å². The SMILES string of the molecule is COc1cc(OC)c(NC(=O)NCCCF)cc1Br. The summed E-state index contributed by atoms with van der Waals surface area (Å²) in [4.78, 5) is 11.6. The van der Waals surface area contributed by atoms with Crippen molar-refractivity contribution < 1.29 is 18.7 Å². The first kappa shape index (κ1) is 15.6. The molecule has 106 valence electrons. The third-order valence-corrected chi connectivity index (χ3v) is 2.94. The monoisotopic (exact) mass is 334 g/mol. The quantitative estimate of drug-likeness (QED) is 0.786. The molecule has 0 heterocycles. The van der Waals surface area contributed by atoms with Crippen LogP contribution in [0, 0.1) is 0 Å². The lowest BCUT2D eigenvalue weighted by Gasteiger charge is -2.13. The third kappa shape index (κ3) is 4.59. The van der Waals surface area contributed by atoms with Crippen LogP contribution < -0.4 is 20.1 Å². The van der Waals surface area contributed by atoms with E-state index in [1.165, 1.54) is 14.2 Å². The highest BCUT2D eigenvalue weighted by Crippen LogP contribution is 2.35. The number of anilines is 1. The normalized spacial score (nSPS) is 9.89. The van der Waals surface area contributed by atoms with Gasteiger partial charge in [-0.3, -0.25) is 4.39 Å². The molecular weight excluding hydrogens is 319 g/mol. The summed E-state index contributed by atoms with van der Waals surface area (Å²) in [5.41, 5.74) is 0.493. The Kier molecular flexibility index (Phi) is 6.41. The molecular formula is C12H16BrFN2O3.